The number of para-hydroxylation sites is 1. The number of hydrogen-bond acceptors (Lipinski definition) is 3. The fourth-order valence-electron chi connectivity index (χ4n) is 3.26. The van der Waals surface area contributed by atoms with Gasteiger partial charge in [-0.2, -0.15) is 0 Å². The summed E-state index contributed by atoms with van der Waals surface area (Å²) in [5.74, 6) is -1.09. The van der Waals surface area contributed by atoms with E-state index in [0.29, 0.717) is 12.8 Å². The third-order valence-corrected chi connectivity index (χ3v) is 4.77. The van der Waals surface area contributed by atoms with Crippen molar-refractivity contribution in [2.75, 3.05) is 11.9 Å². The number of amides is 1. The molecule has 0 aromatic heterocycles. The Hall–Kier alpha value is -3.40. The minimum absolute atomic E-state index is 0.304. The lowest BCUT2D eigenvalue weighted by Gasteiger charge is -2.15. The summed E-state index contributed by atoms with van der Waals surface area (Å²) in [6.07, 6.45) is 1.33. The van der Waals surface area contributed by atoms with Crippen LogP contribution in [-0.4, -0.2) is 18.5 Å². The number of ether oxygens (including phenoxy) is 1. The van der Waals surface area contributed by atoms with Gasteiger partial charge in [0.15, 0.2) is 6.61 Å². The predicted octanol–water partition coefficient (Wildman–Crippen LogP) is 4.95. The van der Waals surface area contributed by atoms with Gasteiger partial charge in [-0.25, -0.2) is 0 Å². The number of carbonyl (C=O) groups excluding carboxylic acids is 2. The molecule has 0 radical (unpaired) electrons. The van der Waals surface area contributed by atoms with Crippen molar-refractivity contribution >= 4 is 17.6 Å². The van der Waals surface area contributed by atoms with E-state index in [9.17, 15) is 9.59 Å². The molecule has 0 spiro atoms. The van der Waals surface area contributed by atoms with Crippen molar-refractivity contribution in [1.29, 1.82) is 0 Å². The van der Waals surface area contributed by atoms with Crippen molar-refractivity contribution in [2.45, 2.75) is 25.7 Å². The van der Waals surface area contributed by atoms with Crippen LogP contribution in [0.25, 0.3) is 0 Å². The zero-order valence-corrected chi connectivity index (χ0v) is 16.5. The summed E-state index contributed by atoms with van der Waals surface area (Å²) in [7, 11) is 0. The Morgan fingerprint density at radius 3 is 2.17 bits per heavy atom. The molecular formula is C25H25NO3. The maximum Gasteiger partial charge on any atom is 0.313 e. The lowest BCUT2D eigenvalue weighted by molar-refractivity contribution is -0.149. The van der Waals surface area contributed by atoms with Gasteiger partial charge in [0, 0.05) is 5.69 Å². The largest absolute Gasteiger partial charge is 0.455 e. The van der Waals surface area contributed by atoms with Gasteiger partial charge >= 0.3 is 5.97 Å². The fourth-order valence-corrected chi connectivity index (χ4v) is 3.26. The maximum atomic E-state index is 12.4. The molecule has 0 aliphatic rings. The normalized spacial score (nSPS) is 11.5. The molecular weight excluding hydrogens is 362 g/mol. The van der Waals surface area contributed by atoms with Crippen molar-refractivity contribution < 1.29 is 14.3 Å². The molecule has 1 atom stereocenters. The number of benzene rings is 3. The average molecular weight is 387 g/mol. The highest BCUT2D eigenvalue weighted by Crippen LogP contribution is 2.21. The second-order valence-corrected chi connectivity index (χ2v) is 6.85. The average Bonchev–Trinajstić information content (AvgIpc) is 2.76. The van der Waals surface area contributed by atoms with Gasteiger partial charge in [0.25, 0.3) is 5.91 Å². The van der Waals surface area contributed by atoms with Gasteiger partial charge in [-0.05, 0) is 35.6 Å². The van der Waals surface area contributed by atoms with E-state index in [2.05, 4.69) is 17.4 Å². The first kappa shape index (κ1) is 20.3. The Morgan fingerprint density at radius 1 is 0.862 bits per heavy atom. The molecule has 0 fully saturated rings. The van der Waals surface area contributed by atoms with Crippen LogP contribution in [0, 0.1) is 0 Å². The van der Waals surface area contributed by atoms with Gasteiger partial charge < -0.3 is 10.1 Å². The van der Waals surface area contributed by atoms with E-state index in [1.54, 1.807) is 0 Å². The van der Waals surface area contributed by atoms with Crippen LogP contribution in [0.3, 0.4) is 0 Å². The van der Waals surface area contributed by atoms with Gasteiger partial charge in [-0.1, -0.05) is 85.8 Å². The van der Waals surface area contributed by atoms with Crippen LogP contribution in [0.15, 0.2) is 84.9 Å². The zero-order valence-electron chi connectivity index (χ0n) is 16.5. The molecule has 1 N–H and O–H groups in total. The van der Waals surface area contributed by atoms with Crippen LogP contribution in [0.1, 0.15) is 36.0 Å². The number of hydrogen-bond donors (Lipinski definition) is 1. The van der Waals surface area contributed by atoms with Crippen LogP contribution in [0.5, 0.6) is 0 Å². The van der Waals surface area contributed by atoms with Crippen molar-refractivity contribution in [3.8, 4) is 0 Å². The molecule has 0 aliphatic carbocycles. The topological polar surface area (TPSA) is 55.4 Å². The molecule has 0 saturated carbocycles. The maximum absolute atomic E-state index is 12.4. The SMILES string of the molecule is CC[C@@H](C(=O)OCC(=O)Nc1ccccc1Cc1ccccc1)c1ccccc1. The molecule has 0 saturated heterocycles. The summed E-state index contributed by atoms with van der Waals surface area (Å²) in [6, 6.07) is 27.2. The van der Waals surface area contributed by atoms with E-state index in [4.69, 9.17) is 4.74 Å². The van der Waals surface area contributed by atoms with Gasteiger partial charge in [0.05, 0.1) is 5.92 Å². The minimum Gasteiger partial charge on any atom is -0.455 e. The second kappa shape index (κ2) is 10.2. The Kier molecular flexibility index (Phi) is 7.17. The van der Waals surface area contributed by atoms with Gasteiger partial charge in [-0.3, -0.25) is 9.59 Å². The molecule has 3 aromatic rings. The van der Waals surface area contributed by atoms with Crippen molar-refractivity contribution in [2.24, 2.45) is 0 Å². The molecule has 1 amide bonds. The smallest absolute Gasteiger partial charge is 0.313 e. The summed E-state index contributed by atoms with van der Waals surface area (Å²) in [6.45, 7) is 1.63. The number of nitrogens with one attached hydrogen (secondary N) is 1. The predicted molar refractivity (Wildman–Crippen MR) is 115 cm³/mol. The molecule has 0 bridgehead atoms. The van der Waals surface area contributed by atoms with Gasteiger partial charge in [-0.15, -0.1) is 0 Å². The van der Waals surface area contributed by atoms with E-state index in [-0.39, 0.29) is 24.4 Å². The number of carbonyl (C=O) groups is 2. The standard InChI is InChI=1S/C25H25NO3/c1-2-22(20-13-7-4-8-14-20)25(28)29-18-24(27)26-23-16-10-9-15-21(23)17-19-11-5-3-6-12-19/h3-16,22H,2,17-18H2,1H3,(H,26,27)/t22-/m1/s1. The van der Waals surface area contributed by atoms with Gasteiger partial charge in [0.2, 0.25) is 0 Å². The van der Waals surface area contributed by atoms with E-state index in [0.717, 1.165) is 22.4 Å². The molecule has 4 nitrogen and oxygen atoms in total. The van der Waals surface area contributed by atoms with Crippen LogP contribution in [0.4, 0.5) is 5.69 Å². The van der Waals surface area contributed by atoms with Gasteiger partial charge in [0.1, 0.15) is 0 Å². The molecule has 29 heavy (non-hydrogen) atoms. The quantitative estimate of drug-likeness (QED) is 0.556. The number of anilines is 1. The Balaban J connectivity index is 1.59. The monoisotopic (exact) mass is 387 g/mol. The summed E-state index contributed by atoms with van der Waals surface area (Å²) >= 11 is 0. The van der Waals surface area contributed by atoms with Crippen molar-refractivity contribution in [1.82, 2.24) is 0 Å². The lowest BCUT2D eigenvalue weighted by Crippen LogP contribution is -2.24. The van der Waals surface area contributed by atoms with Crippen LogP contribution < -0.4 is 5.32 Å². The Morgan fingerprint density at radius 2 is 1.48 bits per heavy atom. The lowest BCUT2D eigenvalue weighted by atomic mass is 9.97. The van der Waals surface area contributed by atoms with E-state index in [1.165, 1.54) is 0 Å². The Labute approximate surface area is 171 Å². The second-order valence-electron chi connectivity index (χ2n) is 6.85. The van der Waals surface area contributed by atoms with Crippen molar-refractivity contribution in [3.05, 3.63) is 102 Å². The molecule has 0 aliphatic heterocycles. The Bertz CT molecular complexity index is 939. The van der Waals surface area contributed by atoms with Crippen LogP contribution >= 0.6 is 0 Å². The van der Waals surface area contributed by atoms with E-state index >= 15 is 0 Å². The first-order valence-electron chi connectivity index (χ1n) is 9.80. The molecule has 4 heteroatoms. The summed E-state index contributed by atoms with van der Waals surface area (Å²) < 4.78 is 5.29. The molecule has 3 aromatic carbocycles. The first-order chi connectivity index (χ1) is 14.2. The highest BCUT2D eigenvalue weighted by atomic mass is 16.5. The third kappa shape index (κ3) is 5.79. The molecule has 3 rings (SSSR count). The summed E-state index contributed by atoms with van der Waals surface area (Å²) in [4.78, 5) is 24.8. The highest BCUT2D eigenvalue weighted by molar-refractivity contribution is 5.94. The number of esters is 1. The zero-order chi connectivity index (χ0) is 20.5. The molecule has 148 valence electrons. The molecule has 0 unspecified atom stereocenters. The number of rotatable bonds is 8. The highest BCUT2D eigenvalue weighted by Gasteiger charge is 2.21. The summed E-state index contributed by atoms with van der Waals surface area (Å²) in [5, 5.41) is 2.87. The summed E-state index contributed by atoms with van der Waals surface area (Å²) in [5.41, 5.74) is 3.80. The van der Waals surface area contributed by atoms with E-state index < -0.39 is 0 Å². The fraction of sp³-hybridized carbons (Fsp3) is 0.200. The first-order valence-corrected chi connectivity index (χ1v) is 9.80. The van der Waals surface area contributed by atoms with Crippen LogP contribution in [-0.2, 0) is 20.7 Å². The molecule has 0 heterocycles. The minimum atomic E-state index is -0.383. The van der Waals surface area contributed by atoms with Crippen LogP contribution in [0.2, 0.25) is 0 Å². The van der Waals surface area contributed by atoms with Crippen molar-refractivity contribution in [3.63, 3.8) is 0 Å². The van der Waals surface area contributed by atoms with E-state index in [1.807, 2.05) is 79.7 Å². The third-order valence-electron chi connectivity index (χ3n) is 4.77.